The second-order valence-electron chi connectivity index (χ2n) is 4.64. The van der Waals surface area contributed by atoms with E-state index in [1.54, 1.807) is 7.11 Å². The van der Waals surface area contributed by atoms with Gasteiger partial charge >= 0.3 is 0 Å². The number of benzene rings is 1. The van der Waals surface area contributed by atoms with Crippen LogP contribution in [-0.4, -0.2) is 18.3 Å². The Morgan fingerprint density at radius 1 is 1.12 bits per heavy atom. The standard InChI is InChI=1S/C14H20O2/c1-16-14-8-6-11(7-9-14)12-4-2-3-5-13(15)10-12/h6-9,12-13,15H,2-5,10H2,1H3/t12-,13-/m0/s1. The van der Waals surface area contributed by atoms with Gasteiger partial charge in [0.2, 0.25) is 0 Å². The molecule has 88 valence electrons. The molecule has 1 aliphatic rings. The molecule has 1 saturated carbocycles. The number of aliphatic hydroxyl groups is 1. The van der Waals surface area contributed by atoms with Gasteiger partial charge in [0.05, 0.1) is 13.2 Å². The fourth-order valence-electron chi connectivity index (χ4n) is 2.51. The van der Waals surface area contributed by atoms with Crippen molar-refractivity contribution in [1.82, 2.24) is 0 Å². The molecule has 0 bridgehead atoms. The molecule has 0 amide bonds. The summed E-state index contributed by atoms with van der Waals surface area (Å²) in [6.07, 6.45) is 5.35. The molecule has 2 heteroatoms. The van der Waals surface area contributed by atoms with E-state index in [4.69, 9.17) is 4.74 Å². The zero-order valence-corrected chi connectivity index (χ0v) is 9.86. The van der Waals surface area contributed by atoms with Crippen LogP contribution in [0.1, 0.15) is 43.6 Å². The molecule has 0 saturated heterocycles. The molecule has 0 heterocycles. The third kappa shape index (κ3) is 2.76. The summed E-state index contributed by atoms with van der Waals surface area (Å²) in [6, 6.07) is 8.27. The van der Waals surface area contributed by atoms with Crippen LogP contribution in [-0.2, 0) is 0 Å². The Hall–Kier alpha value is -1.02. The van der Waals surface area contributed by atoms with Crippen LogP contribution in [0.4, 0.5) is 0 Å². The van der Waals surface area contributed by atoms with Crippen molar-refractivity contribution < 1.29 is 9.84 Å². The largest absolute Gasteiger partial charge is 0.497 e. The zero-order valence-electron chi connectivity index (χ0n) is 9.86. The molecule has 2 atom stereocenters. The summed E-state index contributed by atoms with van der Waals surface area (Å²) >= 11 is 0. The van der Waals surface area contributed by atoms with E-state index in [1.165, 1.54) is 18.4 Å². The van der Waals surface area contributed by atoms with Crippen molar-refractivity contribution >= 4 is 0 Å². The van der Waals surface area contributed by atoms with Crippen molar-refractivity contribution in [1.29, 1.82) is 0 Å². The molecule has 0 radical (unpaired) electrons. The number of hydrogen-bond donors (Lipinski definition) is 1. The third-order valence-electron chi connectivity index (χ3n) is 3.48. The maximum Gasteiger partial charge on any atom is 0.118 e. The van der Waals surface area contributed by atoms with Crippen LogP contribution >= 0.6 is 0 Å². The highest BCUT2D eigenvalue weighted by Gasteiger charge is 2.19. The quantitative estimate of drug-likeness (QED) is 0.776. The second-order valence-corrected chi connectivity index (χ2v) is 4.64. The Morgan fingerprint density at radius 3 is 2.50 bits per heavy atom. The summed E-state index contributed by atoms with van der Waals surface area (Å²) in [6.45, 7) is 0. The first-order valence-corrected chi connectivity index (χ1v) is 6.11. The van der Waals surface area contributed by atoms with Gasteiger partial charge in [0.15, 0.2) is 0 Å². The summed E-state index contributed by atoms with van der Waals surface area (Å²) in [5.74, 6) is 1.42. The molecule has 0 aromatic heterocycles. The van der Waals surface area contributed by atoms with Crippen LogP contribution in [0.3, 0.4) is 0 Å². The van der Waals surface area contributed by atoms with Crippen molar-refractivity contribution in [3.8, 4) is 5.75 Å². The highest BCUT2D eigenvalue weighted by atomic mass is 16.5. The first-order valence-electron chi connectivity index (χ1n) is 6.11. The molecule has 1 fully saturated rings. The molecule has 0 unspecified atom stereocenters. The summed E-state index contributed by atoms with van der Waals surface area (Å²) in [7, 11) is 1.68. The van der Waals surface area contributed by atoms with Crippen molar-refractivity contribution in [2.75, 3.05) is 7.11 Å². The number of ether oxygens (including phenoxy) is 1. The van der Waals surface area contributed by atoms with E-state index in [1.807, 2.05) is 12.1 Å². The molecule has 0 aliphatic heterocycles. The average molecular weight is 220 g/mol. The topological polar surface area (TPSA) is 29.5 Å². The predicted molar refractivity (Wildman–Crippen MR) is 64.8 cm³/mol. The van der Waals surface area contributed by atoms with Crippen molar-refractivity contribution in [2.24, 2.45) is 0 Å². The fraction of sp³-hybridized carbons (Fsp3) is 0.571. The van der Waals surface area contributed by atoms with E-state index in [2.05, 4.69) is 12.1 Å². The zero-order chi connectivity index (χ0) is 11.4. The van der Waals surface area contributed by atoms with Crippen LogP contribution in [0.5, 0.6) is 5.75 Å². The smallest absolute Gasteiger partial charge is 0.118 e. The molecule has 1 N–H and O–H groups in total. The third-order valence-corrected chi connectivity index (χ3v) is 3.48. The van der Waals surface area contributed by atoms with Gasteiger partial charge in [0.1, 0.15) is 5.75 Å². The Labute approximate surface area is 97.3 Å². The molecular formula is C14H20O2. The number of aliphatic hydroxyl groups excluding tert-OH is 1. The second kappa shape index (κ2) is 5.35. The van der Waals surface area contributed by atoms with Gasteiger partial charge in [-0.2, -0.15) is 0 Å². The van der Waals surface area contributed by atoms with E-state index >= 15 is 0 Å². The number of rotatable bonds is 2. The molecule has 2 rings (SSSR count). The summed E-state index contributed by atoms with van der Waals surface area (Å²) in [5, 5.41) is 9.80. The lowest BCUT2D eigenvalue weighted by molar-refractivity contribution is 0.152. The van der Waals surface area contributed by atoms with E-state index in [9.17, 15) is 5.11 Å². The molecule has 1 aromatic rings. The maximum atomic E-state index is 9.80. The van der Waals surface area contributed by atoms with E-state index in [0.717, 1.165) is 25.0 Å². The average Bonchev–Trinajstić information content (AvgIpc) is 2.54. The van der Waals surface area contributed by atoms with Gasteiger partial charge in [0.25, 0.3) is 0 Å². The minimum absolute atomic E-state index is 0.116. The Kier molecular flexibility index (Phi) is 3.83. The van der Waals surface area contributed by atoms with Gasteiger partial charge in [-0.3, -0.25) is 0 Å². The van der Waals surface area contributed by atoms with Crippen LogP contribution in [0, 0.1) is 0 Å². The first kappa shape index (κ1) is 11.5. The minimum atomic E-state index is -0.116. The van der Waals surface area contributed by atoms with Crippen molar-refractivity contribution in [3.63, 3.8) is 0 Å². The maximum absolute atomic E-state index is 9.80. The Morgan fingerprint density at radius 2 is 1.81 bits per heavy atom. The molecule has 1 aliphatic carbocycles. The van der Waals surface area contributed by atoms with Crippen molar-refractivity contribution in [2.45, 2.75) is 44.1 Å². The van der Waals surface area contributed by atoms with Crippen LogP contribution < -0.4 is 4.74 Å². The molecule has 2 nitrogen and oxygen atoms in total. The normalized spacial score (nSPS) is 26.1. The molecular weight excluding hydrogens is 200 g/mol. The van der Waals surface area contributed by atoms with Crippen LogP contribution in [0.15, 0.2) is 24.3 Å². The lowest BCUT2D eigenvalue weighted by Gasteiger charge is -2.17. The van der Waals surface area contributed by atoms with Gasteiger partial charge in [-0.25, -0.2) is 0 Å². The molecule has 16 heavy (non-hydrogen) atoms. The first-order chi connectivity index (χ1) is 7.79. The lowest BCUT2D eigenvalue weighted by atomic mass is 9.91. The Balaban J connectivity index is 2.09. The lowest BCUT2D eigenvalue weighted by Crippen LogP contribution is -2.09. The minimum Gasteiger partial charge on any atom is -0.497 e. The van der Waals surface area contributed by atoms with Crippen LogP contribution in [0.2, 0.25) is 0 Å². The van der Waals surface area contributed by atoms with Gasteiger partial charge in [-0.1, -0.05) is 25.0 Å². The highest BCUT2D eigenvalue weighted by molar-refractivity contribution is 5.29. The monoisotopic (exact) mass is 220 g/mol. The van der Waals surface area contributed by atoms with E-state index < -0.39 is 0 Å². The van der Waals surface area contributed by atoms with Gasteiger partial charge < -0.3 is 9.84 Å². The summed E-state index contributed by atoms with van der Waals surface area (Å²) < 4.78 is 5.15. The van der Waals surface area contributed by atoms with Gasteiger partial charge in [-0.05, 0) is 42.9 Å². The fourth-order valence-corrected chi connectivity index (χ4v) is 2.51. The predicted octanol–water partition coefficient (Wildman–Crippen LogP) is 3.10. The van der Waals surface area contributed by atoms with E-state index in [0.29, 0.717) is 5.92 Å². The SMILES string of the molecule is COc1ccc([C@H]2CCCC[C@H](O)C2)cc1. The van der Waals surface area contributed by atoms with Crippen molar-refractivity contribution in [3.05, 3.63) is 29.8 Å². The summed E-state index contributed by atoms with van der Waals surface area (Å²) in [5.41, 5.74) is 1.33. The summed E-state index contributed by atoms with van der Waals surface area (Å²) in [4.78, 5) is 0. The highest BCUT2D eigenvalue weighted by Crippen LogP contribution is 2.32. The Bertz CT molecular complexity index is 318. The van der Waals surface area contributed by atoms with Gasteiger partial charge in [-0.15, -0.1) is 0 Å². The molecule has 1 aromatic carbocycles. The van der Waals surface area contributed by atoms with E-state index in [-0.39, 0.29) is 6.10 Å². The van der Waals surface area contributed by atoms with Crippen LogP contribution in [0.25, 0.3) is 0 Å². The number of hydrogen-bond acceptors (Lipinski definition) is 2. The van der Waals surface area contributed by atoms with Gasteiger partial charge in [0, 0.05) is 0 Å². The molecule has 0 spiro atoms. The number of methoxy groups -OCH3 is 1.